The molecule has 5 heterocycles. The average Bonchev–Trinajstić information content (AvgIpc) is 3.34. The van der Waals surface area contributed by atoms with Crippen molar-refractivity contribution in [1.82, 2.24) is 15.2 Å². The quantitative estimate of drug-likeness (QED) is 0.338. The Morgan fingerprint density at radius 3 is 2.85 bits per heavy atom. The molecule has 1 aliphatic carbocycles. The summed E-state index contributed by atoms with van der Waals surface area (Å²) in [4.78, 5) is 39.2. The number of aromatic nitrogens is 3. The summed E-state index contributed by atoms with van der Waals surface area (Å²) in [6.07, 6.45) is 7.41. The summed E-state index contributed by atoms with van der Waals surface area (Å²) in [7, 11) is 0. The number of fused-ring (bicyclic) bond motifs is 3. The Hall–Kier alpha value is -3.95. The molecule has 2 fully saturated rings. The van der Waals surface area contributed by atoms with Crippen LogP contribution in [0.1, 0.15) is 56.6 Å². The summed E-state index contributed by atoms with van der Waals surface area (Å²) in [6.45, 7) is 1.83. The van der Waals surface area contributed by atoms with Crippen molar-refractivity contribution in [3.8, 4) is 21.7 Å². The van der Waals surface area contributed by atoms with Gasteiger partial charge < -0.3 is 9.64 Å². The molecule has 1 N–H and O–H groups in total. The molecular formula is C30H27N5O3S. The van der Waals surface area contributed by atoms with Crippen molar-refractivity contribution in [3.63, 3.8) is 0 Å². The number of aliphatic imine (C=N–C) groups is 1. The third-order valence-corrected chi connectivity index (χ3v) is 8.75. The average molecular weight is 538 g/mol. The van der Waals surface area contributed by atoms with Crippen LogP contribution in [0.15, 0.2) is 59.7 Å². The topological polar surface area (TPSA) is 101 Å². The highest BCUT2D eigenvalue weighted by atomic mass is 32.1. The minimum atomic E-state index is -0.226. The van der Waals surface area contributed by atoms with Gasteiger partial charge in [-0.25, -0.2) is 9.98 Å². The van der Waals surface area contributed by atoms with Crippen LogP contribution in [0.25, 0.3) is 21.7 Å². The molecule has 8 nitrogen and oxygen atoms in total. The Balaban J connectivity index is 1.18. The standard InChI is InChI=1S/C30H27N5O3S/c36-29(31-15-18-11-13-38-17-18)26-14-20-10-12-35(25-7-2-1-4-21(25)28(20)39-26)30(37)24-6-3-5-23(33-24)22-16-32-34-27(22)19-8-9-19/h1-7,14-16,18-19H,8-13,17H2,(H,32,34)/b31-15-. The molecule has 196 valence electrons. The first-order valence-corrected chi connectivity index (χ1v) is 14.2. The smallest absolute Gasteiger partial charge is 0.286 e. The van der Waals surface area contributed by atoms with E-state index in [2.05, 4.69) is 15.2 Å². The summed E-state index contributed by atoms with van der Waals surface area (Å²) in [5.41, 5.74) is 5.97. The predicted molar refractivity (Wildman–Crippen MR) is 151 cm³/mol. The van der Waals surface area contributed by atoms with E-state index in [1.165, 1.54) is 11.3 Å². The van der Waals surface area contributed by atoms with E-state index in [0.717, 1.165) is 64.5 Å². The van der Waals surface area contributed by atoms with Crippen LogP contribution in [0.3, 0.4) is 0 Å². The van der Waals surface area contributed by atoms with Crippen LogP contribution in [0.2, 0.25) is 0 Å². The molecule has 1 saturated carbocycles. The van der Waals surface area contributed by atoms with Gasteiger partial charge in [0.15, 0.2) is 0 Å². The lowest BCUT2D eigenvalue weighted by Crippen LogP contribution is -2.33. The minimum Gasteiger partial charge on any atom is -0.381 e. The van der Waals surface area contributed by atoms with E-state index in [0.29, 0.717) is 36.1 Å². The number of nitrogens with zero attached hydrogens (tertiary/aromatic N) is 4. The van der Waals surface area contributed by atoms with E-state index in [1.54, 1.807) is 12.3 Å². The molecule has 4 aromatic rings. The number of rotatable bonds is 5. The van der Waals surface area contributed by atoms with E-state index in [1.807, 2.05) is 53.6 Å². The van der Waals surface area contributed by atoms with Crippen molar-refractivity contribution in [3.05, 3.63) is 76.6 Å². The molecule has 1 atom stereocenters. The van der Waals surface area contributed by atoms with Crippen molar-refractivity contribution in [2.75, 3.05) is 24.7 Å². The predicted octanol–water partition coefficient (Wildman–Crippen LogP) is 5.53. The maximum absolute atomic E-state index is 13.9. The van der Waals surface area contributed by atoms with Gasteiger partial charge in [0.1, 0.15) is 5.69 Å². The monoisotopic (exact) mass is 537 g/mol. The van der Waals surface area contributed by atoms with Crippen LogP contribution in [-0.2, 0) is 11.2 Å². The van der Waals surface area contributed by atoms with Crippen molar-refractivity contribution in [1.29, 1.82) is 0 Å². The van der Waals surface area contributed by atoms with E-state index in [9.17, 15) is 9.59 Å². The van der Waals surface area contributed by atoms with Crippen LogP contribution < -0.4 is 4.90 Å². The molecule has 2 aliphatic heterocycles. The van der Waals surface area contributed by atoms with Crippen molar-refractivity contribution >= 4 is 35.1 Å². The highest BCUT2D eigenvalue weighted by molar-refractivity contribution is 7.17. The van der Waals surface area contributed by atoms with Gasteiger partial charge in [-0.1, -0.05) is 24.3 Å². The number of nitrogens with one attached hydrogen (secondary N) is 1. The minimum absolute atomic E-state index is 0.143. The van der Waals surface area contributed by atoms with Crippen LogP contribution in [0, 0.1) is 5.92 Å². The van der Waals surface area contributed by atoms with E-state index < -0.39 is 0 Å². The molecule has 0 radical (unpaired) electrons. The van der Waals surface area contributed by atoms with Gasteiger partial charge in [-0.15, -0.1) is 11.3 Å². The number of H-pyrrole nitrogens is 1. The number of carbonyl (C=O) groups is 2. The Morgan fingerprint density at radius 2 is 2.00 bits per heavy atom. The maximum Gasteiger partial charge on any atom is 0.286 e. The van der Waals surface area contributed by atoms with Gasteiger partial charge in [0.2, 0.25) is 0 Å². The summed E-state index contributed by atoms with van der Waals surface area (Å²) < 4.78 is 5.38. The van der Waals surface area contributed by atoms with Crippen LogP contribution >= 0.6 is 11.3 Å². The molecule has 1 aromatic carbocycles. The molecule has 0 spiro atoms. The zero-order valence-electron chi connectivity index (χ0n) is 21.3. The fourth-order valence-electron chi connectivity index (χ4n) is 5.34. The van der Waals surface area contributed by atoms with E-state index in [-0.39, 0.29) is 17.7 Å². The van der Waals surface area contributed by atoms with Gasteiger partial charge in [-0.3, -0.25) is 14.7 Å². The van der Waals surface area contributed by atoms with Crippen molar-refractivity contribution < 1.29 is 14.3 Å². The molecule has 3 aromatic heterocycles. The second-order valence-corrected chi connectivity index (χ2v) is 11.3. The van der Waals surface area contributed by atoms with Gasteiger partial charge in [0.05, 0.1) is 28.6 Å². The highest BCUT2D eigenvalue weighted by Gasteiger charge is 2.31. The van der Waals surface area contributed by atoms with Crippen LogP contribution in [0.5, 0.6) is 0 Å². The van der Waals surface area contributed by atoms with Gasteiger partial charge in [-0.05, 0) is 55.5 Å². The second-order valence-electron chi connectivity index (χ2n) is 10.3. The molecule has 1 saturated heterocycles. The number of benzene rings is 1. The largest absolute Gasteiger partial charge is 0.381 e. The third-order valence-electron chi connectivity index (χ3n) is 7.55. The number of hydrogen-bond acceptors (Lipinski definition) is 6. The number of hydrogen-bond donors (Lipinski definition) is 1. The molecule has 39 heavy (non-hydrogen) atoms. The fourth-order valence-corrected chi connectivity index (χ4v) is 6.47. The lowest BCUT2D eigenvalue weighted by molar-refractivity contribution is 0.0980. The zero-order valence-corrected chi connectivity index (χ0v) is 22.1. The van der Waals surface area contributed by atoms with Crippen molar-refractivity contribution in [2.24, 2.45) is 10.9 Å². The molecule has 0 bridgehead atoms. The lowest BCUT2D eigenvalue weighted by atomic mass is 10.1. The van der Waals surface area contributed by atoms with Gasteiger partial charge in [-0.2, -0.15) is 5.10 Å². The summed E-state index contributed by atoms with van der Waals surface area (Å²) in [5.74, 6) is 0.308. The van der Waals surface area contributed by atoms with Crippen LogP contribution in [0.4, 0.5) is 5.69 Å². The number of aromatic amines is 1. The molecule has 3 aliphatic rings. The first-order valence-electron chi connectivity index (χ1n) is 13.4. The lowest BCUT2D eigenvalue weighted by Gasteiger charge is -2.22. The fraction of sp³-hybridized carbons (Fsp3) is 0.300. The second kappa shape index (κ2) is 9.98. The van der Waals surface area contributed by atoms with E-state index in [4.69, 9.17) is 9.72 Å². The highest BCUT2D eigenvalue weighted by Crippen LogP contribution is 2.44. The molecular weight excluding hydrogens is 510 g/mol. The van der Waals surface area contributed by atoms with E-state index >= 15 is 0 Å². The maximum atomic E-state index is 13.9. The number of ether oxygens (including phenoxy) is 1. The number of thiophene rings is 1. The van der Waals surface area contributed by atoms with Gasteiger partial charge in [0.25, 0.3) is 11.8 Å². The normalized spacial score (nSPS) is 18.7. The number of anilines is 1. The molecule has 1 unspecified atom stereocenters. The number of amides is 2. The Kier molecular flexibility index (Phi) is 6.17. The zero-order chi connectivity index (χ0) is 26.3. The molecule has 7 rings (SSSR count). The third kappa shape index (κ3) is 4.62. The van der Waals surface area contributed by atoms with Gasteiger partial charge in [0, 0.05) is 53.4 Å². The summed E-state index contributed by atoms with van der Waals surface area (Å²) in [5, 5.41) is 7.40. The number of pyridine rings is 1. The Bertz CT molecular complexity index is 1600. The number of carbonyl (C=O) groups excluding carboxylic acids is 2. The van der Waals surface area contributed by atoms with Crippen LogP contribution in [-0.4, -0.2) is 53.0 Å². The van der Waals surface area contributed by atoms with Gasteiger partial charge >= 0.3 is 0 Å². The first-order chi connectivity index (χ1) is 19.2. The van der Waals surface area contributed by atoms with Crippen molar-refractivity contribution in [2.45, 2.75) is 31.6 Å². The SMILES string of the molecule is O=C(/N=C\C1CCOC1)c1cc2c(s1)-c1ccccc1N(C(=O)c1cccc(-c3c[nH]nc3C3CC3)n1)CC2. The summed E-state index contributed by atoms with van der Waals surface area (Å²) in [6, 6.07) is 15.4. The Morgan fingerprint density at radius 1 is 1.10 bits per heavy atom. The Labute approximate surface area is 229 Å². The number of para-hydroxylation sites is 1. The first kappa shape index (κ1) is 24.1. The molecule has 2 amide bonds. The summed E-state index contributed by atoms with van der Waals surface area (Å²) >= 11 is 1.44. The molecule has 9 heteroatoms.